The molecule has 9 heteroatoms. The minimum atomic E-state index is -3.72. The fourth-order valence-corrected chi connectivity index (χ4v) is 7.01. The fourth-order valence-electron chi connectivity index (χ4n) is 2.23. The van der Waals surface area contributed by atoms with Crippen molar-refractivity contribution in [2.75, 3.05) is 11.5 Å². The average Bonchev–Trinajstić information content (AvgIpc) is 2.69. The van der Waals surface area contributed by atoms with Crippen molar-refractivity contribution in [1.29, 1.82) is 0 Å². The molecule has 0 aliphatic carbocycles. The SMILES string of the molecule is C[CH2][Sn]([CH2]C)([O]NC(=O)c1ccc(N)cc1)[O]NC(=O)c1ccc(N)cc1. The van der Waals surface area contributed by atoms with E-state index in [0.717, 1.165) is 0 Å². The van der Waals surface area contributed by atoms with Gasteiger partial charge in [-0.1, -0.05) is 0 Å². The molecule has 2 aromatic rings. The summed E-state index contributed by atoms with van der Waals surface area (Å²) < 4.78 is 12.6. The summed E-state index contributed by atoms with van der Waals surface area (Å²) in [6, 6.07) is 12.9. The van der Waals surface area contributed by atoms with E-state index in [1.165, 1.54) is 0 Å². The molecule has 0 unspecified atom stereocenters. The molecular weight excluding hydrogens is 455 g/mol. The molecule has 0 aliphatic rings. The van der Waals surface area contributed by atoms with Crippen LogP contribution in [-0.4, -0.2) is 31.0 Å². The van der Waals surface area contributed by atoms with E-state index < -0.39 is 31.0 Å². The Morgan fingerprint density at radius 1 is 0.778 bits per heavy atom. The van der Waals surface area contributed by atoms with Crippen molar-refractivity contribution in [2.45, 2.75) is 22.7 Å². The van der Waals surface area contributed by atoms with Gasteiger partial charge in [0, 0.05) is 0 Å². The molecule has 6 N–H and O–H groups in total. The van der Waals surface area contributed by atoms with E-state index in [0.29, 0.717) is 31.4 Å². The van der Waals surface area contributed by atoms with E-state index >= 15 is 0 Å². The number of hydrogen-bond donors (Lipinski definition) is 4. The van der Waals surface area contributed by atoms with E-state index in [2.05, 4.69) is 11.0 Å². The summed E-state index contributed by atoms with van der Waals surface area (Å²) >= 11 is -3.72. The van der Waals surface area contributed by atoms with Crippen LogP contribution in [0.1, 0.15) is 34.6 Å². The Kier molecular flexibility index (Phi) is 7.45. The van der Waals surface area contributed by atoms with Gasteiger partial charge in [-0.15, -0.1) is 0 Å². The number of carbonyl (C=O) groups is 2. The summed E-state index contributed by atoms with van der Waals surface area (Å²) in [7, 11) is 0. The van der Waals surface area contributed by atoms with Gasteiger partial charge in [0.05, 0.1) is 0 Å². The van der Waals surface area contributed by atoms with Crippen LogP contribution in [0.4, 0.5) is 11.4 Å². The molecule has 8 nitrogen and oxygen atoms in total. The Bertz CT molecular complexity index is 713. The second kappa shape index (κ2) is 9.58. The minimum absolute atomic E-state index is 0.397. The van der Waals surface area contributed by atoms with Gasteiger partial charge in [0.15, 0.2) is 0 Å². The van der Waals surface area contributed by atoms with E-state index in [1.54, 1.807) is 48.5 Å². The zero-order valence-corrected chi connectivity index (χ0v) is 18.2. The third-order valence-corrected chi connectivity index (χ3v) is 12.9. The molecule has 0 spiro atoms. The standard InChI is InChI=1S/2C7H7N2O2.2C2H5.Sn/c2*8-6-3-1-5(2-4-6)7(10)9-11;2*1-2;/h2*1-4H,(H3-,8,9,10,11);2*1H2,2H3;/q2*-1;;;+2. The molecular formula is C18H24N4O4Sn. The van der Waals surface area contributed by atoms with Crippen LogP contribution in [0.15, 0.2) is 48.5 Å². The molecule has 0 bridgehead atoms. The van der Waals surface area contributed by atoms with Crippen LogP contribution < -0.4 is 22.4 Å². The van der Waals surface area contributed by atoms with Crippen LogP contribution in [0.2, 0.25) is 8.87 Å². The van der Waals surface area contributed by atoms with Crippen molar-refractivity contribution in [1.82, 2.24) is 11.0 Å². The van der Waals surface area contributed by atoms with Gasteiger partial charge in [0.25, 0.3) is 0 Å². The van der Waals surface area contributed by atoms with Gasteiger partial charge in [-0.05, 0) is 0 Å². The number of nitrogen functional groups attached to an aromatic ring is 2. The third-order valence-electron chi connectivity index (χ3n) is 4.08. The molecule has 0 aliphatic heterocycles. The molecule has 2 rings (SSSR count). The number of hydroxylamine groups is 2. The molecule has 2 amide bonds. The first kappa shape index (κ1) is 21.0. The van der Waals surface area contributed by atoms with Crippen molar-refractivity contribution in [2.24, 2.45) is 0 Å². The quantitative estimate of drug-likeness (QED) is 0.262. The number of nitrogens with one attached hydrogen (secondary N) is 2. The maximum atomic E-state index is 12.2. The zero-order chi connectivity index (χ0) is 19.9. The van der Waals surface area contributed by atoms with Gasteiger partial charge in [0.2, 0.25) is 0 Å². The summed E-state index contributed by atoms with van der Waals surface area (Å²) in [6.45, 7) is 3.81. The summed E-state index contributed by atoms with van der Waals surface area (Å²) in [5, 5.41) is 0. The molecule has 0 radical (unpaired) electrons. The molecule has 0 saturated carbocycles. The van der Waals surface area contributed by atoms with Crippen LogP contribution in [-0.2, 0) is 6.35 Å². The van der Waals surface area contributed by atoms with Crippen LogP contribution in [0.5, 0.6) is 0 Å². The van der Waals surface area contributed by atoms with E-state index in [9.17, 15) is 9.59 Å². The predicted octanol–water partition coefficient (Wildman–Crippen LogP) is 2.36. The van der Waals surface area contributed by atoms with Crippen molar-refractivity contribution < 1.29 is 15.9 Å². The maximum absolute atomic E-state index is 12.2. The molecule has 144 valence electrons. The number of anilines is 2. The first-order chi connectivity index (χ1) is 12.9. The normalized spacial score (nSPS) is 11.0. The van der Waals surface area contributed by atoms with E-state index in [4.69, 9.17) is 17.8 Å². The number of hydrogen-bond acceptors (Lipinski definition) is 6. The Morgan fingerprint density at radius 3 is 1.41 bits per heavy atom. The van der Waals surface area contributed by atoms with Gasteiger partial charge >= 0.3 is 163 Å². The van der Waals surface area contributed by atoms with Crippen molar-refractivity contribution >= 4 is 42.4 Å². The van der Waals surface area contributed by atoms with Crippen LogP contribution >= 0.6 is 0 Å². The van der Waals surface area contributed by atoms with E-state index in [-0.39, 0.29) is 0 Å². The van der Waals surface area contributed by atoms with Gasteiger partial charge < -0.3 is 0 Å². The topological polar surface area (TPSA) is 129 Å². The Balaban J connectivity index is 1.97. The second-order valence-electron chi connectivity index (χ2n) is 5.93. The molecule has 2 aromatic carbocycles. The zero-order valence-electron chi connectivity index (χ0n) is 15.3. The Morgan fingerprint density at radius 2 is 1.11 bits per heavy atom. The number of rotatable bonds is 8. The third kappa shape index (κ3) is 5.84. The number of amides is 2. The monoisotopic (exact) mass is 480 g/mol. The number of carbonyl (C=O) groups excluding carboxylic acids is 2. The van der Waals surface area contributed by atoms with Gasteiger partial charge in [-0.2, -0.15) is 0 Å². The average molecular weight is 479 g/mol. The first-order valence-electron chi connectivity index (χ1n) is 8.57. The molecule has 0 fully saturated rings. The van der Waals surface area contributed by atoms with Crippen LogP contribution in [0.25, 0.3) is 0 Å². The van der Waals surface area contributed by atoms with Crippen LogP contribution in [0.3, 0.4) is 0 Å². The Hall–Kier alpha value is -2.30. The van der Waals surface area contributed by atoms with Crippen LogP contribution in [0, 0.1) is 0 Å². The first-order valence-corrected chi connectivity index (χ1v) is 14.9. The number of nitrogens with two attached hydrogens (primary N) is 2. The number of benzene rings is 2. The van der Waals surface area contributed by atoms with Crippen molar-refractivity contribution in [3.8, 4) is 0 Å². The van der Waals surface area contributed by atoms with E-state index in [1.807, 2.05) is 13.8 Å². The fraction of sp³-hybridized carbons (Fsp3) is 0.222. The Labute approximate surface area is 163 Å². The van der Waals surface area contributed by atoms with Crippen molar-refractivity contribution in [3.63, 3.8) is 0 Å². The molecule has 0 heterocycles. The molecule has 27 heavy (non-hydrogen) atoms. The van der Waals surface area contributed by atoms with Crippen molar-refractivity contribution in [3.05, 3.63) is 59.7 Å². The second-order valence-corrected chi connectivity index (χ2v) is 16.3. The molecule has 0 atom stereocenters. The molecule has 0 aromatic heterocycles. The summed E-state index contributed by atoms with van der Waals surface area (Å²) in [4.78, 5) is 24.5. The summed E-state index contributed by atoms with van der Waals surface area (Å²) in [5.41, 5.74) is 18.1. The van der Waals surface area contributed by atoms with Gasteiger partial charge in [-0.25, -0.2) is 0 Å². The summed E-state index contributed by atoms with van der Waals surface area (Å²) in [5.74, 6) is -0.794. The predicted molar refractivity (Wildman–Crippen MR) is 106 cm³/mol. The van der Waals surface area contributed by atoms with Gasteiger partial charge in [-0.3, -0.25) is 0 Å². The van der Waals surface area contributed by atoms with Gasteiger partial charge in [0.1, 0.15) is 0 Å². The summed E-state index contributed by atoms with van der Waals surface area (Å²) in [6.07, 6.45) is 0. The molecule has 0 saturated heterocycles.